The van der Waals surface area contributed by atoms with Gasteiger partial charge >= 0.3 is 0 Å². The van der Waals surface area contributed by atoms with Gasteiger partial charge in [0.1, 0.15) is 0 Å². The first kappa shape index (κ1) is 16.8. The van der Waals surface area contributed by atoms with Crippen LogP contribution in [-0.2, 0) is 16.6 Å². The van der Waals surface area contributed by atoms with Gasteiger partial charge in [-0.2, -0.15) is 0 Å². The van der Waals surface area contributed by atoms with Gasteiger partial charge in [-0.25, -0.2) is 22.7 Å². The first-order chi connectivity index (χ1) is 10.8. The summed E-state index contributed by atoms with van der Waals surface area (Å²) in [5, 5.41) is 2.60. The van der Waals surface area contributed by atoms with E-state index in [1.54, 1.807) is 18.2 Å². The third-order valence-corrected chi connectivity index (χ3v) is 5.03. The summed E-state index contributed by atoms with van der Waals surface area (Å²) in [4.78, 5) is 19.9. The minimum atomic E-state index is -3.60. The Kier molecular flexibility index (Phi) is 4.92. The van der Waals surface area contributed by atoms with Gasteiger partial charge in [-0.15, -0.1) is 0 Å². The fourth-order valence-corrected chi connectivity index (χ4v) is 3.00. The lowest BCUT2D eigenvalue weighted by molar-refractivity contribution is 0.0946. The van der Waals surface area contributed by atoms with Crippen LogP contribution in [0.5, 0.6) is 0 Å². The van der Waals surface area contributed by atoms with Crippen molar-refractivity contribution in [1.82, 2.24) is 19.6 Å². The number of hydrogen-bond donors (Lipinski definition) is 2. The third-order valence-electron chi connectivity index (χ3n) is 3.11. The van der Waals surface area contributed by atoms with Gasteiger partial charge in [0.15, 0.2) is 11.5 Å². The molecule has 2 aromatic rings. The molecule has 0 aliphatic heterocycles. The van der Waals surface area contributed by atoms with Crippen LogP contribution in [0.1, 0.15) is 16.1 Å². The zero-order valence-corrected chi connectivity index (χ0v) is 13.5. The molecule has 1 aromatic heterocycles. The number of nitrogens with two attached hydrogens (primary N) is 1. The van der Waals surface area contributed by atoms with Crippen LogP contribution in [0.3, 0.4) is 0 Å². The number of nitrogens with zero attached hydrogens (tertiary/aromatic N) is 3. The lowest BCUT2D eigenvalue weighted by Crippen LogP contribution is -2.28. The lowest BCUT2D eigenvalue weighted by atomic mass is 10.2. The largest absolute Gasteiger partial charge is 0.382 e. The molecule has 9 heteroatoms. The molecule has 1 heterocycles. The Morgan fingerprint density at radius 1 is 1.22 bits per heavy atom. The highest BCUT2D eigenvalue weighted by molar-refractivity contribution is 7.89. The van der Waals surface area contributed by atoms with Gasteiger partial charge in [0.25, 0.3) is 5.91 Å². The highest BCUT2D eigenvalue weighted by Gasteiger charge is 2.21. The van der Waals surface area contributed by atoms with E-state index in [1.807, 2.05) is 0 Å². The average Bonchev–Trinajstić information content (AvgIpc) is 2.53. The molecular weight excluding hydrogens is 318 g/mol. The lowest BCUT2D eigenvalue weighted by Gasteiger charge is -2.15. The number of aromatic nitrogens is 2. The zero-order valence-electron chi connectivity index (χ0n) is 12.7. The summed E-state index contributed by atoms with van der Waals surface area (Å²) >= 11 is 0. The maximum atomic E-state index is 12.3. The van der Waals surface area contributed by atoms with E-state index in [1.165, 1.54) is 32.6 Å². The van der Waals surface area contributed by atoms with E-state index in [4.69, 9.17) is 5.73 Å². The first-order valence-corrected chi connectivity index (χ1v) is 8.13. The van der Waals surface area contributed by atoms with Crippen molar-refractivity contribution in [1.29, 1.82) is 0 Å². The Bertz CT molecular complexity index is 821. The predicted molar refractivity (Wildman–Crippen MR) is 84.9 cm³/mol. The van der Waals surface area contributed by atoms with E-state index in [-0.39, 0.29) is 23.0 Å². The van der Waals surface area contributed by atoms with E-state index in [0.29, 0.717) is 5.56 Å². The second kappa shape index (κ2) is 6.71. The fraction of sp³-hybridized carbons (Fsp3) is 0.214. The predicted octanol–water partition coefficient (Wildman–Crippen LogP) is 0.239. The second-order valence-corrected chi connectivity index (χ2v) is 6.99. The van der Waals surface area contributed by atoms with Gasteiger partial charge in [-0.1, -0.05) is 18.2 Å². The molecule has 122 valence electrons. The summed E-state index contributed by atoms with van der Waals surface area (Å²) in [5.41, 5.74) is 6.06. The molecule has 0 radical (unpaired) electrons. The average molecular weight is 335 g/mol. The number of carbonyl (C=O) groups excluding carboxylic acids is 1. The van der Waals surface area contributed by atoms with Crippen LogP contribution in [0.2, 0.25) is 0 Å². The highest BCUT2D eigenvalue weighted by Crippen LogP contribution is 2.18. The van der Waals surface area contributed by atoms with Crippen molar-refractivity contribution >= 4 is 21.7 Å². The number of nitrogen functional groups attached to an aromatic ring is 1. The molecule has 0 spiro atoms. The van der Waals surface area contributed by atoms with Crippen LogP contribution in [0.4, 0.5) is 5.82 Å². The van der Waals surface area contributed by atoms with Gasteiger partial charge in [-0.3, -0.25) is 4.79 Å². The minimum Gasteiger partial charge on any atom is -0.382 e. The second-order valence-electron chi connectivity index (χ2n) is 4.87. The molecule has 0 atom stereocenters. The van der Waals surface area contributed by atoms with E-state index in [2.05, 4.69) is 15.3 Å². The summed E-state index contributed by atoms with van der Waals surface area (Å²) < 4.78 is 25.7. The van der Waals surface area contributed by atoms with Crippen molar-refractivity contribution in [2.45, 2.75) is 11.4 Å². The van der Waals surface area contributed by atoms with Crippen LogP contribution in [0.25, 0.3) is 0 Å². The van der Waals surface area contributed by atoms with Gasteiger partial charge in [0, 0.05) is 33.0 Å². The molecule has 1 amide bonds. The summed E-state index contributed by atoms with van der Waals surface area (Å²) in [5.74, 6) is -0.508. The molecule has 0 unspecified atom stereocenters. The van der Waals surface area contributed by atoms with E-state index >= 15 is 0 Å². The van der Waals surface area contributed by atoms with Crippen molar-refractivity contribution in [3.8, 4) is 0 Å². The quantitative estimate of drug-likeness (QED) is 0.808. The van der Waals surface area contributed by atoms with Crippen molar-refractivity contribution in [3.63, 3.8) is 0 Å². The highest BCUT2D eigenvalue weighted by atomic mass is 32.2. The van der Waals surface area contributed by atoms with E-state index < -0.39 is 15.9 Å². The summed E-state index contributed by atoms with van der Waals surface area (Å²) in [6, 6.07) is 6.46. The number of carbonyl (C=O) groups is 1. The fourth-order valence-electron chi connectivity index (χ4n) is 1.88. The Balaban J connectivity index is 2.23. The first-order valence-electron chi connectivity index (χ1n) is 6.69. The Hall–Kier alpha value is -2.52. The number of sulfonamides is 1. The maximum absolute atomic E-state index is 12.3. The Morgan fingerprint density at radius 3 is 2.52 bits per heavy atom. The topological polar surface area (TPSA) is 118 Å². The summed E-state index contributed by atoms with van der Waals surface area (Å²) in [7, 11) is -0.700. The molecule has 2 rings (SSSR count). The number of amides is 1. The number of nitrogens with one attached hydrogen (secondary N) is 1. The molecule has 0 fully saturated rings. The van der Waals surface area contributed by atoms with Crippen molar-refractivity contribution in [3.05, 3.63) is 47.9 Å². The van der Waals surface area contributed by atoms with Crippen LogP contribution in [0.15, 0.2) is 41.6 Å². The SMILES string of the molecule is CN(C)S(=O)(=O)c1ccccc1CNC(=O)c1nccnc1N. The molecule has 0 saturated carbocycles. The third kappa shape index (κ3) is 3.63. The molecule has 23 heavy (non-hydrogen) atoms. The Morgan fingerprint density at radius 2 is 1.87 bits per heavy atom. The number of benzene rings is 1. The normalized spacial score (nSPS) is 11.4. The molecule has 0 bridgehead atoms. The molecule has 3 N–H and O–H groups in total. The summed E-state index contributed by atoms with van der Waals surface area (Å²) in [6.07, 6.45) is 2.74. The minimum absolute atomic E-state index is 0.000415. The van der Waals surface area contributed by atoms with Crippen molar-refractivity contribution in [2.24, 2.45) is 0 Å². The van der Waals surface area contributed by atoms with Gasteiger partial charge in [0.05, 0.1) is 4.90 Å². The molecule has 8 nitrogen and oxygen atoms in total. The molecule has 1 aromatic carbocycles. The van der Waals surface area contributed by atoms with Crippen molar-refractivity contribution < 1.29 is 13.2 Å². The number of anilines is 1. The summed E-state index contributed by atoms with van der Waals surface area (Å²) in [6.45, 7) is 0.0259. The molecular formula is C14H17N5O3S. The van der Waals surface area contributed by atoms with Crippen LogP contribution in [-0.4, -0.2) is 42.7 Å². The van der Waals surface area contributed by atoms with Gasteiger partial charge < -0.3 is 11.1 Å². The molecule has 0 saturated heterocycles. The number of hydrogen-bond acceptors (Lipinski definition) is 6. The number of rotatable bonds is 5. The van der Waals surface area contributed by atoms with E-state index in [0.717, 1.165) is 4.31 Å². The smallest absolute Gasteiger partial charge is 0.273 e. The monoisotopic (exact) mass is 335 g/mol. The Labute approximate surface area is 134 Å². The van der Waals surface area contributed by atoms with Crippen LogP contribution in [0, 0.1) is 0 Å². The molecule has 0 aliphatic rings. The molecule has 0 aliphatic carbocycles. The standard InChI is InChI=1S/C14H17N5O3S/c1-19(2)23(21,22)11-6-4-3-5-10(11)9-18-14(20)12-13(15)17-8-7-16-12/h3-8H,9H2,1-2H3,(H2,15,17)(H,18,20). The maximum Gasteiger partial charge on any atom is 0.273 e. The van der Waals surface area contributed by atoms with E-state index in [9.17, 15) is 13.2 Å². The van der Waals surface area contributed by atoms with Gasteiger partial charge in [0.2, 0.25) is 10.0 Å². The van der Waals surface area contributed by atoms with Crippen LogP contribution >= 0.6 is 0 Å². The zero-order chi connectivity index (χ0) is 17.0. The van der Waals surface area contributed by atoms with Crippen molar-refractivity contribution in [2.75, 3.05) is 19.8 Å². The van der Waals surface area contributed by atoms with Gasteiger partial charge in [-0.05, 0) is 11.6 Å². The van der Waals surface area contributed by atoms with Crippen LogP contribution < -0.4 is 11.1 Å².